The Bertz CT molecular complexity index is 977. The van der Waals surface area contributed by atoms with E-state index in [4.69, 9.17) is 15.2 Å². The van der Waals surface area contributed by atoms with Gasteiger partial charge in [-0.1, -0.05) is 36.2 Å². The average Bonchev–Trinajstić information content (AvgIpc) is 3.29. The minimum atomic E-state index is -0.323. The Morgan fingerprint density at radius 1 is 1.32 bits per heavy atom. The van der Waals surface area contributed by atoms with Gasteiger partial charge in [0.05, 0.1) is 23.3 Å². The monoisotopic (exact) mass is 414 g/mol. The SMILES string of the molecule is Cc1csc(C2C(N)=NC(SCc3nc(C)no3)=C(C#N)C23CCCCC3)n1. The summed E-state index contributed by atoms with van der Waals surface area (Å²) >= 11 is 3.06. The summed E-state index contributed by atoms with van der Waals surface area (Å²) in [6, 6.07) is 2.49. The van der Waals surface area contributed by atoms with Gasteiger partial charge in [-0.3, -0.25) is 0 Å². The molecule has 7 nitrogen and oxygen atoms in total. The van der Waals surface area contributed by atoms with Gasteiger partial charge in [-0.05, 0) is 26.7 Å². The zero-order valence-corrected chi connectivity index (χ0v) is 17.6. The number of nitrogens with two attached hydrogens (primary N) is 1. The van der Waals surface area contributed by atoms with Gasteiger partial charge in [-0.2, -0.15) is 10.2 Å². The third-order valence-electron chi connectivity index (χ3n) is 5.43. The second-order valence-electron chi connectivity index (χ2n) is 7.33. The van der Waals surface area contributed by atoms with E-state index in [1.807, 2.05) is 12.3 Å². The molecule has 28 heavy (non-hydrogen) atoms. The van der Waals surface area contributed by atoms with E-state index in [2.05, 4.69) is 21.2 Å². The Hall–Kier alpha value is -2.18. The van der Waals surface area contributed by atoms with E-state index >= 15 is 0 Å². The molecule has 1 atom stereocenters. The molecule has 1 aliphatic heterocycles. The Kier molecular flexibility index (Phi) is 5.25. The summed E-state index contributed by atoms with van der Waals surface area (Å²) in [7, 11) is 0. The quantitative estimate of drug-likeness (QED) is 0.796. The molecule has 1 unspecified atom stereocenters. The molecule has 4 rings (SSSR count). The molecule has 0 aromatic carbocycles. The fourth-order valence-electron chi connectivity index (χ4n) is 4.26. The van der Waals surface area contributed by atoms with Crippen molar-refractivity contribution in [2.24, 2.45) is 16.1 Å². The lowest BCUT2D eigenvalue weighted by atomic mass is 9.61. The zero-order chi connectivity index (χ0) is 19.7. The van der Waals surface area contributed by atoms with Gasteiger partial charge in [0.25, 0.3) is 0 Å². The molecule has 9 heteroatoms. The molecule has 2 aromatic rings. The maximum atomic E-state index is 10.1. The number of nitriles is 1. The highest BCUT2D eigenvalue weighted by atomic mass is 32.2. The minimum absolute atomic E-state index is 0.129. The second-order valence-corrected chi connectivity index (χ2v) is 9.18. The Labute approximate surface area is 172 Å². The summed E-state index contributed by atoms with van der Waals surface area (Å²) in [4.78, 5) is 13.6. The summed E-state index contributed by atoms with van der Waals surface area (Å²) in [6.45, 7) is 3.77. The van der Waals surface area contributed by atoms with Gasteiger partial charge in [0.2, 0.25) is 5.89 Å². The lowest BCUT2D eigenvalue weighted by Crippen LogP contribution is -2.43. The number of aliphatic imine (C=N–C) groups is 1. The molecule has 2 N–H and O–H groups in total. The first kappa shape index (κ1) is 19.2. The Morgan fingerprint density at radius 2 is 2.11 bits per heavy atom. The van der Waals surface area contributed by atoms with Crippen molar-refractivity contribution in [3.05, 3.63) is 38.4 Å². The third-order valence-corrected chi connectivity index (χ3v) is 7.42. The molecular formula is C19H22N6OS2. The van der Waals surface area contributed by atoms with Gasteiger partial charge >= 0.3 is 0 Å². The number of rotatable bonds is 4. The smallest absolute Gasteiger partial charge is 0.237 e. The molecule has 0 saturated heterocycles. The summed E-state index contributed by atoms with van der Waals surface area (Å²) in [5.74, 6) is 2.02. The molecule has 2 aliphatic rings. The molecule has 146 valence electrons. The first-order chi connectivity index (χ1) is 13.5. The van der Waals surface area contributed by atoms with Crippen LogP contribution in [0.5, 0.6) is 0 Å². The number of amidine groups is 1. The van der Waals surface area contributed by atoms with Crippen LogP contribution in [0.2, 0.25) is 0 Å². The van der Waals surface area contributed by atoms with E-state index in [0.29, 0.717) is 28.3 Å². The van der Waals surface area contributed by atoms with Gasteiger partial charge in [0.1, 0.15) is 15.9 Å². The predicted molar refractivity (Wildman–Crippen MR) is 110 cm³/mol. The van der Waals surface area contributed by atoms with Crippen molar-refractivity contribution in [3.63, 3.8) is 0 Å². The van der Waals surface area contributed by atoms with E-state index < -0.39 is 0 Å². The maximum Gasteiger partial charge on any atom is 0.237 e. The summed E-state index contributed by atoms with van der Waals surface area (Å²) in [5.41, 5.74) is 7.91. The van der Waals surface area contributed by atoms with Crippen molar-refractivity contribution in [1.29, 1.82) is 5.26 Å². The van der Waals surface area contributed by atoms with E-state index in [-0.39, 0.29) is 11.3 Å². The standard InChI is InChI=1S/C19H22N6OS2/c1-11-9-27-18(22-11)15-16(21)24-17(28-10-14-23-12(2)25-26-14)13(8-20)19(15)6-4-3-5-7-19/h9,15H,3-7,10H2,1-2H3,(H2,21,24). The molecule has 1 spiro atoms. The van der Waals surface area contributed by atoms with Crippen LogP contribution in [-0.4, -0.2) is 21.0 Å². The molecule has 1 saturated carbocycles. The summed E-state index contributed by atoms with van der Waals surface area (Å²) in [5, 5.41) is 17.6. The van der Waals surface area contributed by atoms with Crippen molar-refractivity contribution in [2.75, 3.05) is 0 Å². The first-order valence-corrected chi connectivity index (χ1v) is 11.2. The van der Waals surface area contributed by atoms with Crippen LogP contribution in [0.1, 0.15) is 60.4 Å². The number of thioether (sulfide) groups is 1. The van der Waals surface area contributed by atoms with E-state index in [1.165, 1.54) is 18.2 Å². The molecule has 0 radical (unpaired) electrons. The van der Waals surface area contributed by atoms with Crippen LogP contribution in [0, 0.1) is 30.6 Å². The fourth-order valence-corrected chi connectivity index (χ4v) is 6.22. The van der Waals surface area contributed by atoms with E-state index in [0.717, 1.165) is 42.0 Å². The van der Waals surface area contributed by atoms with E-state index in [1.54, 1.807) is 18.3 Å². The molecule has 2 aromatic heterocycles. The van der Waals surface area contributed by atoms with Gasteiger partial charge in [-0.15, -0.1) is 11.3 Å². The largest absolute Gasteiger partial charge is 0.387 e. The zero-order valence-electron chi connectivity index (χ0n) is 15.9. The van der Waals surface area contributed by atoms with Crippen molar-refractivity contribution in [1.82, 2.24) is 15.1 Å². The van der Waals surface area contributed by atoms with Crippen LogP contribution in [0.25, 0.3) is 0 Å². The van der Waals surface area contributed by atoms with Crippen molar-refractivity contribution in [3.8, 4) is 6.07 Å². The summed E-state index contributed by atoms with van der Waals surface area (Å²) in [6.07, 6.45) is 5.21. The lowest BCUT2D eigenvalue weighted by Gasteiger charge is -2.44. The highest BCUT2D eigenvalue weighted by molar-refractivity contribution is 8.02. The van der Waals surface area contributed by atoms with Gasteiger partial charge in [0.15, 0.2) is 5.82 Å². The van der Waals surface area contributed by atoms with Crippen LogP contribution in [-0.2, 0) is 5.75 Å². The number of thiazole rings is 1. The first-order valence-electron chi connectivity index (χ1n) is 9.36. The minimum Gasteiger partial charge on any atom is -0.387 e. The topological polar surface area (TPSA) is 114 Å². The molecule has 0 amide bonds. The molecule has 1 aliphatic carbocycles. The van der Waals surface area contributed by atoms with Gasteiger partial charge in [-0.25, -0.2) is 9.98 Å². The lowest BCUT2D eigenvalue weighted by molar-refractivity contribution is 0.224. The van der Waals surface area contributed by atoms with Crippen LogP contribution in [0.15, 0.2) is 25.5 Å². The number of hydrogen-bond donors (Lipinski definition) is 1. The van der Waals surface area contributed by atoms with Crippen molar-refractivity contribution in [2.45, 2.75) is 57.6 Å². The number of aromatic nitrogens is 3. The fraction of sp³-hybridized carbons (Fsp3) is 0.526. The molecular weight excluding hydrogens is 392 g/mol. The summed E-state index contributed by atoms with van der Waals surface area (Å²) < 4.78 is 5.21. The van der Waals surface area contributed by atoms with Gasteiger partial charge in [0, 0.05) is 16.5 Å². The Morgan fingerprint density at radius 3 is 2.71 bits per heavy atom. The van der Waals surface area contributed by atoms with Crippen molar-refractivity contribution < 1.29 is 4.52 Å². The normalized spacial score (nSPS) is 21.6. The van der Waals surface area contributed by atoms with Gasteiger partial charge < -0.3 is 10.3 Å². The Balaban J connectivity index is 1.74. The van der Waals surface area contributed by atoms with Crippen molar-refractivity contribution >= 4 is 28.9 Å². The highest BCUT2D eigenvalue weighted by Crippen LogP contribution is 2.56. The second kappa shape index (κ2) is 7.68. The van der Waals surface area contributed by atoms with Crippen LogP contribution >= 0.6 is 23.1 Å². The number of aryl methyl sites for hydroxylation is 2. The molecule has 0 bridgehead atoms. The number of hydrogen-bond acceptors (Lipinski definition) is 9. The third kappa shape index (κ3) is 3.35. The maximum absolute atomic E-state index is 10.1. The highest BCUT2D eigenvalue weighted by Gasteiger charge is 2.50. The number of allylic oxidation sites excluding steroid dienone is 1. The average molecular weight is 415 g/mol. The van der Waals surface area contributed by atoms with E-state index in [9.17, 15) is 5.26 Å². The number of nitrogens with zero attached hydrogens (tertiary/aromatic N) is 5. The van der Waals surface area contributed by atoms with Crippen LogP contribution in [0.4, 0.5) is 0 Å². The molecule has 3 heterocycles. The van der Waals surface area contributed by atoms with Crippen LogP contribution < -0.4 is 5.73 Å². The molecule has 1 fully saturated rings. The predicted octanol–water partition coefficient (Wildman–Crippen LogP) is 4.22. The van der Waals surface area contributed by atoms with Crippen LogP contribution in [0.3, 0.4) is 0 Å².